The number of fused-ring (bicyclic) bond motifs is 1. The summed E-state index contributed by atoms with van der Waals surface area (Å²) in [6.07, 6.45) is 1.59. The van der Waals surface area contributed by atoms with Gasteiger partial charge in [-0.15, -0.1) is 11.3 Å². The van der Waals surface area contributed by atoms with Crippen LogP contribution >= 0.6 is 11.3 Å². The summed E-state index contributed by atoms with van der Waals surface area (Å²) in [5.74, 6) is -0.948. The highest BCUT2D eigenvalue weighted by Gasteiger charge is 2.28. The van der Waals surface area contributed by atoms with E-state index < -0.39 is 27.1 Å². The summed E-state index contributed by atoms with van der Waals surface area (Å²) in [6, 6.07) is 6.20. The van der Waals surface area contributed by atoms with Crippen LogP contribution in [0.4, 0.5) is 9.80 Å². The number of imide groups is 1. The number of ether oxygens (including phenoxy) is 1. The Morgan fingerprint density at radius 3 is 2.42 bits per heavy atom. The van der Waals surface area contributed by atoms with Gasteiger partial charge in [-0.1, -0.05) is 12.1 Å². The van der Waals surface area contributed by atoms with Gasteiger partial charge in [-0.05, 0) is 56.4 Å². The zero-order valence-corrected chi connectivity index (χ0v) is 19.1. The molecule has 3 amide bonds. The van der Waals surface area contributed by atoms with Crippen LogP contribution in [0.3, 0.4) is 0 Å². The van der Waals surface area contributed by atoms with E-state index in [1.807, 2.05) is 0 Å². The molecule has 0 unspecified atom stereocenters. The van der Waals surface area contributed by atoms with Crippen molar-refractivity contribution in [2.45, 2.75) is 49.7 Å². The Morgan fingerprint density at radius 1 is 1.13 bits per heavy atom. The van der Waals surface area contributed by atoms with Crippen molar-refractivity contribution in [1.82, 2.24) is 5.32 Å². The lowest BCUT2D eigenvalue weighted by atomic mass is 10.1. The van der Waals surface area contributed by atoms with Gasteiger partial charge in [0.25, 0.3) is 5.91 Å². The first-order valence-corrected chi connectivity index (χ1v) is 12.2. The highest BCUT2D eigenvalue weighted by Crippen LogP contribution is 2.39. The van der Waals surface area contributed by atoms with E-state index >= 15 is 0 Å². The second-order valence-electron chi connectivity index (χ2n) is 7.47. The Morgan fingerprint density at radius 2 is 1.81 bits per heavy atom. The minimum atomic E-state index is -3.38. The average molecular weight is 465 g/mol. The maximum atomic E-state index is 12.6. The molecule has 0 aliphatic heterocycles. The van der Waals surface area contributed by atoms with Crippen LogP contribution in [0.5, 0.6) is 0 Å². The number of hydrogen-bond donors (Lipinski definition) is 2. The number of nitrogens with one attached hydrogen (secondary N) is 2. The number of alkyl carbamates (subject to hydrolysis) is 1. The van der Waals surface area contributed by atoms with Gasteiger partial charge in [-0.25, -0.2) is 13.2 Å². The van der Waals surface area contributed by atoms with Crippen molar-refractivity contribution in [3.05, 3.63) is 45.8 Å². The van der Waals surface area contributed by atoms with Gasteiger partial charge in [0.15, 0.2) is 9.84 Å². The molecule has 166 valence electrons. The first-order valence-electron chi connectivity index (χ1n) is 9.80. The lowest BCUT2D eigenvalue weighted by Crippen LogP contribution is -2.31. The average Bonchev–Trinajstić information content (AvgIpc) is 3.28. The fourth-order valence-electron chi connectivity index (χ4n) is 3.36. The van der Waals surface area contributed by atoms with Crippen LogP contribution < -0.4 is 10.6 Å². The summed E-state index contributed by atoms with van der Waals surface area (Å²) >= 11 is 1.34. The molecule has 2 N–H and O–H groups in total. The second-order valence-corrected chi connectivity index (χ2v) is 11.1. The molecule has 1 aromatic heterocycles. The summed E-state index contributed by atoms with van der Waals surface area (Å²) < 4.78 is 28.9. The molecule has 8 nitrogen and oxygen atoms in total. The van der Waals surface area contributed by atoms with Crippen molar-refractivity contribution in [3.63, 3.8) is 0 Å². The standard InChI is InChI=1S/C21H24N2O6S2/c1-12(2)31(27,28)14-9-7-13(8-10-14)11-17(24)22-20-18(19(25)23-21(26)29-3)15-5-4-6-16(15)30-20/h7-10,12H,4-6,11H2,1-3H3,(H,22,24)(H,23,25,26). The summed E-state index contributed by atoms with van der Waals surface area (Å²) in [4.78, 5) is 37.9. The van der Waals surface area contributed by atoms with Crippen molar-refractivity contribution in [1.29, 1.82) is 0 Å². The predicted molar refractivity (Wildman–Crippen MR) is 117 cm³/mol. The highest BCUT2D eigenvalue weighted by atomic mass is 32.2. The summed E-state index contributed by atoms with van der Waals surface area (Å²) in [5.41, 5.74) is 1.80. The van der Waals surface area contributed by atoms with Crippen molar-refractivity contribution in [2.75, 3.05) is 12.4 Å². The van der Waals surface area contributed by atoms with Crippen molar-refractivity contribution in [2.24, 2.45) is 0 Å². The fraction of sp³-hybridized carbons (Fsp3) is 0.381. The number of anilines is 1. The van der Waals surface area contributed by atoms with E-state index in [4.69, 9.17) is 0 Å². The Kier molecular flexibility index (Phi) is 6.80. The van der Waals surface area contributed by atoms with E-state index in [0.717, 1.165) is 23.3 Å². The molecule has 0 saturated carbocycles. The number of amides is 3. The van der Waals surface area contributed by atoms with E-state index in [-0.39, 0.29) is 17.2 Å². The van der Waals surface area contributed by atoms with Crippen LogP contribution in [0, 0.1) is 0 Å². The third-order valence-electron chi connectivity index (χ3n) is 5.04. The Balaban J connectivity index is 1.75. The number of thiophene rings is 1. The van der Waals surface area contributed by atoms with Crippen LogP contribution in [-0.2, 0) is 38.6 Å². The zero-order valence-electron chi connectivity index (χ0n) is 17.5. The van der Waals surface area contributed by atoms with Gasteiger partial charge in [0, 0.05) is 4.88 Å². The molecule has 0 radical (unpaired) electrons. The van der Waals surface area contributed by atoms with E-state index in [9.17, 15) is 22.8 Å². The lowest BCUT2D eigenvalue weighted by Gasteiger charge is -2.10. The first-order chi connectivity index (χ1) is 14.6. The monoisotopic (exact) mass is 464 g/mol. The Hall–Kier alpha value is -2.72. The van der Waals surface area contributed by atoms with Gasteiger partial charge in [-0.2, -0.15) is 0 Å². The molecule has 10 heteroatoms. The van der Waals surface area contributed by atoms with Gasteiger partial charge < -0.3 is 10.1 Å². The van der Waals surface area contributed by atoms with Crippen molar-refractivity contribution >= 4 is 44.1 Å². The molecule has 0 spiro atoms. The number of rotatable bonds is 6. The van der Waals surface area contributed by atoms with Crippen LogP contribution in [-0.4, -0.2) is 38.7 Å². The normalized spacial score (nSPS) is 13.0. The van der Waals surface area contributed by atoms with Gasteiger partial charge in [0.1, 0.15) is 5.00 Å². The van der Waals surface area contributed by atoms with E-state index in [1.54, 1.807) is 26.0 Å². The third kappa shape index (κ3) is 4.96. The van der Waals surface area contributed by atoms with Crippen molar-refractivity contribution < 1.29 is 27.5 Å². The largest absolute Gasteiger partial charge is 0.453 e. The van der Waals surface area contributed by atoms with Crippen LogP contribution in [0.15, 0.2) is 29.2 Å². The molecule has 3 rings (SSSR count). The molecule has 2 aromatic rings. The zero-order chi connectivity index (χ0) is 22.8. The van der Waals surface area contributed by atoms with Gasteiger partial charge in [0.2, 0.25) is 5.91 Å². The minimum Gasteiger partial charge on any atom is -0.453 e. The maximum absolute atomic E-state index is 12.6. The molecule has 0 fully saturated rings. The van der Waals surface area contributed by atoms with Crippen LogP contribution in [0.25, 0.3) is 0 Å². The number of sulfone groups is 1. The van der Waals surface area contributed by atoms with Crippen LogP contribution in [0.1, 0.15) is 46.6 Å². The number of hydrogen-bond acceptors (Lipinski definition) is 7. The smallest absolute Gasteiger partial charge is 0.413 e. The number of benzene rings is 1. The van der Waals surface area contributed by atoms with Crippen molar-refractivity contribution in [3.8, 4) is 0 Å². The molecule has 0 bridgehead atoms. The molecule has 0 atom stereocenters. The highest BCUT2D eigenvalue weighted by molar-refractivity contribution is 7.92. The molecule has 31 heavy (non-hydrogen) atoms. The topological polar surface area (TPSA) is 119 Å². The summed E-state index contributed by atoms with van der Waals surface area (Å²) in [6.45, 7) is 3.23. The second kappa shape index (κ2) is 9.19. The van der Waals surface area contributed by atoms with E-state index in [1.165, 1.54) is 30.6 Å². The number of methoxy groups -OCH3 is 1. The van der Waals surface area contributed by atoms with Gasteiger partial charge in [-0.3, -0.25) is 14.9 Å². The van der Waals surface area contributed by atoms with Gasteiger partial charge in [0.05, 0.1) is 29.2 Å². The molecule has 1 heterocycles. The first kappa shape index (κ1) is 23.0. The maximum Gasteiger partial charge on any atom is 0.413 e. The number of carbonyl (C=O) groups excluding carboxylic acids is 3. The molecule has 1 aliphatic rings. The third-order valence-corrected chi connectivity index (χ3v) is 8.42. The Bertz CT molecular complexity index is 1120. The fourth-order valence-corrected chi connectivity index (χ4v) is 5.73. The van der Waals surface area contributed by atoms with E-state index in [2.05, 4.69) is 15.4 Å². The molecule has 1 aliphatic carbocycles. The van der Waals surface area contributed by atoms with E-state index in [0.29, 0.717) is 22.5 Å². The SMILES string of the molecule is COC(=O)NC(=O)c1c(NC(=O)Cc2ccc(S(=O)(=O)C(C)C)cc2)sc2c1CCC2. The molecular weight excluding hydrogens is 440 g/mol. The Labute approximate surface area is 184 Å². The quantitative estimate of drug-likeness (QED) is 0.678. The number of carbonyl (C=O) groups is 3. The predicted octanol–water partition coefficient (Wildman–Crippen LogP) is 3.10. The number of aryl methyl sites for hydroxylation is 1. The lowest BCUT2D eigenvalue weighted by molar-refractivity contribution is -0.115. The molecule has 1 aromatic carbocycles. The summed E-state index contributed by atoms with van der Waals surface area (Å²) in [7, 11) is -2.21. The van der Waals surface area contributed by atoms with Crippen LogP contribution in [0.2, 0.25) is 0 Å². The molecular formula is C21H24N2O6S2. The van der Waals surface area contributed by atoms with Gasteiger partial charge >= 0.3 is 6.09 Å². The summed E-state index contributed by atoms with van der Waals surface area (Å²) in [5, 5.41) is 4.79. The minimum absolute atomic E-state index is 0.0165. The molecule has 0 saturated heterocycles.